The summed E-state index contributed by atoms with van der Waals surface area (Å²) in [7, 11) is 0. The summed E-state index contributed by atoms with van der Waals surface area (Å²) in [6.07, 6.45) is 2.37. The maximum absolute atomic E-state index is 3.51. The zero-order valence-corrected chi connectivity index (χ0v) is 8.88. The fourth-order valence-corrected chi connectivity index (χ4v) is 2.41. The molecule has 0 saturated carbocycles. The van der Waals surface area contributed by atoms with Gasteiger partial charge in [0, 0.05) is 13.8 Å². The molecule has 8 heavy (non-hydrogen) atoms. The Labute approximate surface area is 74.1 Å². The highest BCUT2D eigenvalue weighted by Crippen LogP contribution is 2.38. The molecule has 1 unspecified atom stereocenters. The highest BCUT2D eigenvalue weighted by Gasteiger charge is 2.18. The van der Waals surface area contributed by atoms with Crippen LogP contribution in [0, 0.1) is 0 Å². The second-order valence-electron chi connectivity index (χ2n) is 1.76. The molecule has 0 amide bonds. The first-order chi connectivity index (χ1) is 3.72. The standard InChI is InChI=1S/C5H5Br3/c6-3-1-2-4(7)5(3)8/h3H,1-2H2. The topological polar surface area (TPSA) is 0 Å². The minimum Gasteiger partial charge on any atom is -0.0833 e. The van der Waals surface area contributed by atoms with Crippen LogP contribution in [-0.2, 0) is 0 Å². The third-order valence-electron chi connectivity index (χ3n) is 1.15. The highest BCUT2D eigenvalue weighted by molar-refractivity contribution is 9.15. The number of hydrogen-bond donors (Lipinski definition) is 0. The van der Waals surface area contributed by atoms with Crippen LogP contribution in [0.15, 0.2) is 8.96 Å². The van der Waals surface area contributed by atoms with Gasteiger partial charge in [0.15, 0.2) is 0 Å². The number of allylic oxidation sites excluding steroid dienone is 2. The average Bonchev–Trinajstić information content (AvgIpc) is 1.98. The molecule has 0 saturated heterocycles. The van der Waals surface area contributed by atoms with Crippen LogP contribution < -0.4 is 0 Å². The van der Waals surface area contributed by atoms with Crippen molar-refractivity contribution in [2.24, 2.45) is 0 Å². The van der Waals surface area contributed by atoms with E-state index in [0.29, 0.717) is 4.83 Å². The van der Waals surface area contributed by atoms with Crippen LogP contribution in [0.4, 0.5) is 0 Å². The second kappa shape index (κ2) is 2.84. The molecule has 0 aliphatic heterocycles. The Morgan fingerprint density at radius 2 is 2.00 bits per heavy atom. The lowest BCUT2D eigenvalue weighted by molar-refractivity contribution is 0.949. The van der Waals surface area contributed by atoms with Gasteiger partial charge in [-0.3, -0.25) is 0 Å². The first-order valence-corrected chi connectivity index (χ1v) is 4.90. The van der Waals surface area contributed by atoms with Gasteiger partial charge in [-0.2, -0.15) is 0 Å². The van der Waals surface area contributed by atoms with Gasteiger partial charge in [0.25, 0.3) is 0 Å². The molecule has 0 nitrogen and oxygen atoms in total. The summed E-state index contributed by atoms with van der Waals surface area (Å²) < 4.78 is 2.58. The van der Waals surface area contributed by atoms with Crippen molar-refractivity contribution in [2.75, 3.05) is 0 Å². The zero-order valence-electron chi connectivity index (χ0n) is 4.13. The quantitative estimate of drug-likeness (QED) is 0.601. The Hall–Kier alpha value is 1.18. The summed E-state index contributed by atoms with van der Waals surface area (Å²) in [6.45, 7) is 0. The molecule has 0 aromatic carbocycles. The largest absolute Gasteiger partial charge is 0.0833 e. The van der Waals surface area contributed by atoms with Crippen LogP contribution in [-0.4, -0.2) is 4.83 Å². The lowest BCUT2D eigenvalue weighted by atomic mass is 10.4. The van der Waals surface area contributed by atoms with Crippen molar-refractivity contribution >= 4 is 47.8 Å². The third kappa shape index (κ3) is 1.36. The minimum atomic E-state index is 0.553. The van der Waals surface area contributed by atoms with Gasteiger partial charge in [0.1, 0.15) is 0 Å². The fraction of sp³-hybridized carbons (Fsp3) is 0.600. The van der Waals surface area contributed by atoms with E-state index in [1.165, 1.54) is 15.4 Å². The highest BCUT2D eigenvalue weighted by atomic mass is 79.9. The summed E-state index contributed by atoms with van der Waals surface area (Å²) in [5.74, 6) is 0. The molecule has 0 N–H and O–H groups in total. The van der Waals surface area contributed by atoms with E-state index in [1.807, 2.05) is 0 Å². The van der Waals surface area contributed by atoms with Crippen LogP contribution >= 0.6 is 47.8 Å². The van der Waals surface area contributed by atoms with E-state index >= 15 is 0 Å². The molecule has 1 aliphatic carbocycles. The summed E-state index contributed by atoms with van der Waals surface area (Å²) in [5, 5.41) is 0. The molecule has 0 heterocycles. The van der Waals surface area contributed by atoms with Crippen molar-refractivity contribution in [2.45, 2.75) is 17.7 Å². The minimum absolute atomic E-state index is 0.553. The molecule has 0 bridgehead atoms. The number of hydrogen-bond acceptors (Lipinski definition) is 0. The molecule has 0 spiro atoms. The maximum atomic E-state index is 3.51. The van der Waals surface area contributed by atoms with Gasteiger partial charge in [-0.05, 0) is 12.8 Å². The van der Waals surface area contributed by atoms with Gasteiger partial charge >= 0.3 is 0 Å². The van der Waals surface area contributed by atoms with Gasteiger partial charge in [0.2, 0.25) is 0 Å². The molecule has 1 rings (SSSR count). The van der Waals surface area contributed by atoms with Crippen LogP contribution in [0.1, 0.15) is 12.8 Å². The molecule has 3 heteroatoms. The first-order valence-electron chi connectivity index (χ1n) is 2.40. The van der Waals surface area contributed by atoms with Crippen molar-refractivity contribution in [1.82, 2.24) is 0 Å². The Balaban J connectivity index is 2.71. The molecule has 1 atom stereocenters. The van der Waals surface area contributed by atoms with Crippen molar-refractivity contribution in [3.8, 4) is 0 Å². The van der Waals surface area contributed by atoms with Crippen molar-refractivity contribution in [3.05, 3.63) is 8.96 Å². The molecule has 0 radical (unpaired) electrons. The molecule has 0 aromatic heterocycles. The zero-order chi connectivity index (χ0) is 6.15. The third-order valence-corrected chi connectivity index (χ3v) is 5.07. The molecule has 46 valence electrons. The van der Waals surface area contributed by atoms with Crippen molar-refractivity contribution in [1.29, 1.82) is 0 Å². The first kappa shape index (κ1) is 7.29. The molecule has 0 aromatic rings. The van der Waals surface area contributed by atoms with Gasteiger partial charge in [-0.15, -0.1) is 0 Å². The Kier molecular flexibility index (Phi) is 2.59. The van der Waals surface area contributed by atoms with E-state index in [2.05, 4.69) is 47.8 Å². The van der Waals surface area contributed by atoms with Gasteiger partial charge in [0.05, 0.1) is 0 Å². The lowest BCUT2D eigenvalue weighted by Crippen LogP contribution is -1.86. The Morgan fingerprint density at radius 1 is 1.38 bits per heavy atom. The van der Waals surface area contributed by atoms with Crippen LogP contribution in [0.2, 0.25) is 0 Å². The van der Waals surface area contributed by atoms with E-state index in [0.717, 1.165) is 6.42 Å². The molecular weight excluding hydrogens is 300 g/mol. The van der Waals surface area contributed by atoms with Gasteiger partial charge < -0.3 is 0 Å². The number of rotatable bonds is 0. The predicted octanol–water partition coefficient (Wildman–Crippen LogP) is 3.55. The molecular formula is C5H5Br3. The lowest BCUT2D eigenvalue weighted by Gasteiger charge is -1.94. The summed E-state index contributed by atoms with van der Waals surface area (Å²) >= 11 is 10.4. The fourth-order valence-electron chi connectivity index (χ4n) is 0.670. The van der Waals surface area contributed by atoms with Crippen LogP contribution in [0.25, 0.3) is 0 Å². The van der Waals surface area contributed by atoms with Crippen LogP contribution in [0.3, 0.4) is 0 Å². The van der Waals surface area contributed by atoms with Gasteiger partial charge in [-0.25, -0.2) is 0 Å². The van der Waals surface area contributed by atoms with E-state index in [4.69, 9.17) is 0 Å². The Bertz CT molecular complexity index is 128. The van der Waals surface area contributed by atoms with E-state index < -0.39 is 0 Å². The van der Waals surface area contributed by atoms with Crippen molar-refractivity contribution < 1.29 is 0 Å². The number of alkyl halides is 1. The van der Waals surface area contributed by atoms with Crippen LogP contribution in [0.5, 0.6) is 0 Å². The summed E-state index contributed by atoms with van der Waals surface area (Å²) in [6, 6.07) is 0. The SMILES string of the molecule is BrC1=C(Br)C(Br)CC1. The van der Waals surface area contributed by atoms with Gasteiger partial charge in [-0.1, -0.05) is 47.8 Å². The number of halogens is 3. The summed E-state index contributed by atoms with van der Waals surface area (Å²) in [4.78, 5) is 0.553. The van der Waals surface area contributed by atoms with E-state index in [1.54, 1.807) is 0 Å². The smallest absolute Gasteiger partial charge is 0.0472 e. The summed E-state index contributed by atoms with van der Waals surface area (Å²) in [5.41, 5.74) is 0. The second-order valence-corrected chi connectivity index (χ2v) is 4.68. The van der Waals surface area contributed by atoms with Crippen molar-refractivity contribution in [3.63, 3.8) is 0 Å². The van der Waals surface area contributed by atoms with E-state index in [9.17, 15) is 0 Å². The Morgan fingerprint density at radius 3 is 2.12 bits per heavy atom. The molecule has 1 aliphatic rings. The average molecular weight is 305 g/mol. The molecule has 0 fully saturated rings. The monoisotopic (exact) mass is 302 g/mol. The maximum Gasteiger partial charge on any atom is 0.0472 e. The normalized spacial score (nSPS) is 29.6. The predicted molar refractivity (Wildman–Crippen MR) is 46.8 cm³/mol. The van der Waals surface area contributed by atoms with E-state index in [-0.39, 0.29) is 0 Å².